The fourth-order valence-electron chi connectivity index (χ4n) is 1.36. The van der Waals surface area contributed by atoms with Gasteiger partial charge in [0.05, 0.1) is 0 Å². The lowest BCUT2D eigenvalue weighted by Crippen LogP contribution is -2.54. The Kier molecular flexibility index (Phi) is 3.84. The number of alkyl halides is 6. The molecule has 84 valence electrons. The van der Waals surface area contributed by atoms with E-state index in [9.17, 15) is 13.2 Å². The summed E-state index contributed by atoms with van der Waals surface area (Å²) in [6, 6.07) is 0. The molecule has 1 aliphatic rings. The average molecular weight is 271 g/mol. The maximum Gasteiger partial charge on any atom is 0.360 e. The summed E-state index contributed by atoms with van der Waals surface area (Å²) in [5.41, 5.74) is -3.24. The second-order valence-electron chi connectivity index (χ2n) is 3.07. The van der Waals surface area contributed by atoms with E-state index in [1.54, 1.807) is 0 Å². The first-order valence-corrected chi connectivity index (χ1v) is 5.20. The summed E-state index contributed by atoms with van der Waals surface area (Å²) in [4.78, 5) is -1.93. The molecule has 0 aromatic rings. The Balaban J connectivity index is 2.91. The molecule has 0 bridgehead atoms. The van der Waals surface area contributed by atoms with Crippen molar-refractivity contribution in [2.75, 3.05) is 6.61 Å². The Morgan fingerprint density at radius 3 is 2.14 bits per heavy atom. The first kappa shape index (κ1) is 12.7. The highest BCUT2D eigenvalue weighted by atomic mass is 35.5. The van der Waals surface area contributed by atoms with Crippen LogP contribution in [-0.2, 0) is 4.74 Å². The van der Waals surface area contributed by atoms with Gasteiger partial charge in [0.1, 0.15) is 6.10 Å². The fourth-order valence-corrected chi connectivity index (χ4v) is 2.25. The molecule has 0 radical (unpaired) electrons. The van der Waals surface area contributed by atoms with Crippen LogP contribution in [0.1, 0.15) is 12.8 Å². The topological polar surface area (TPSA) is 9.23 Å². The minimum absolute atomic E-state index is 0.134. The van der Waals surface area contributed by atoms with E-state index < -0.39 is 22.0 Å². The van der Waals surface area contributed by atoms with Crippen molar-refractivity contribution >= 4 is 34.8 Å². The van der Waals surface area contributed by atoms with Crippen LogP contribution >= 0.6 is 34.8 Å². The molecule has 1 rings (SSSR count). The monoisotopic (exact) mass is 270 g/mol. The molecule has 0 N–H and O–H groups in total. The lowest BCUT2D eigenvalue weighted by atomic mass is 9.98. The van der Waals surface area contributed by atoms with Gasteiger partial charge < -0.3 is 4.74 Å². The molecule has 0 aromatic carbocycles. The number of halogens is 6. The summed E-state index contributed by atoms with van der Waals surface area (Å²) in [7, 11) is 0. The van der Waals surface area contributed by atoms with Crippen LogP contribution in [0.4, 0.5) is 13.2 Å². The molecule has 1 aliphatic heterocycles. The minimum atomic E-state index is -4.14. The van der Waals surface area contributed by atoms with Gasteiger partial charge in [-0.2, -0.15) is 8.78 Å². The Bertz CT molecular complexity index is 203. The largest absolute Gasteiger partial charge is 0.374 e. The van der Waals surface area contributed by atoms with Crippen LogP contribution in [0, 0.1) is 0 Å². The van der Waals surface area contributed by atoms with Crippen molar-refractivity contribution in [1.29, 1.82) is 0 Å². The van der Waals surface area contributed by atoms with Crippen LogP contribution in [-0.4, -0.2) is 28.6 Å². The quantitative estimate of drug-likeness (QED) is 0.714. The molecule has 7 heteroatoms. The third kappa shape index (κ3) is 2.08. The summed E-state index contributed by atoms with van der Waals surface area (Å²) in [6.07, 6.45) is -0.728. The van der Waals surface area contributed by atoms with Crippen molar-refractivity contribution in [1.82, 2.24) is 0 Å². The summed E-state index contributed by atoms with van der Waals surface area (Å²) in [6.45, 7) is 0.212. The van der Waals surface area contributed by atoms with Crippen molar-refractivity contribution in [3.63, 3.8) is 0 Å². The van der Waals surface area contributed by atoms with E-state index >= 15 is 0 Å². The van der Waals surface area contributed by atoms with Gasteiger partial charge in [-0.15, -0.1) is 23.2 Å². The van der Waals surface area contributed by atoms with Gasteiger partial charge in [-0.25, -0.2) is 4.39 Å². The average Bonchev–Trinajstić information content (AvgIpc) is 2.52. The zero-order chi connectivity index (χ0) is 11.0. The number of rotatable bonds is 3. The van der Waals surface area contributed by atoms with Crippen molar-refractivity contribution in [3.05, 3.63) is 0 Å². The molecular weight excluding hydrogens is 263 g/mol. The molecule has 0 saturated carbocycles. The van der Waals surface area contributed by atoms with Gasteiger partial charge in [0.15, 0.2) is 4.84 Å². The first-order valence-electron chi connectivity index (χ1n) is 3.95. The van der Waals surface area contributed by atoms with Gasteiger partial charge in [-0.3, -0.25) is 0 Å². The van der Waals surface area contributed by atoms with E-state index in [-0.39, 0.29) is 13.0 Å². The third-order valence-electron chi connectivity index (χ3n) is 2.15. The molecule has 14 heavy (non-hydrogen) atoms. The van der Waals surface area contributed by atoms with Crippen LogP contribution in [0.3, 0.4) is 0 Å². The Hall–Kier alpha value is 0.620. The highest BCUT2D eigenvalue weighted by molar-refractivity contribution is 6.45. The van der Waals surface area contributed by atoms with E-state index in [0.717, 1.165) is 0 Å². The van der Waals surface area contributed by atoms with Gasteiger partial charge in [0, 0.05) is 6.61 Å². The highest BCUT2D eigenvalue weighted by Crippen LogP contribution is 2.48. The molecule has 1 saturated heterocycles. The normalized spacial score (nSPS) is 28.1. The van der Waals surface area contributed by atoms with Crippen LogP contribution in [0.15, 0.2) is 0 Å². The Morgan fingerprint density at radius 2 is 1.86 bits per heavy atom. The smallest absolute Gasteiger partial charge is 0.360 e. The molecule has 1 nitrogen and oxygen atoms in total. The number of hydrogen-bond acceptors (Lipinski definition) is 1. The molecular formula is C7H8Cl3F3O. The van der Waals surface area contributed by atoms with Gasteiger partial charge in [0.2, 0.25) is 5.67 Å². The van der Waals surface area contributed by atoms with Gasteiger partial charge >= 0.3 is 5.38 Å². The zero-order valence-electron chi connectivity index (χ0n) is 6.95. The maximum atomic E-state index is 13.9. The summed E-state index contributed by atoms with van der Waals surface area (Å²) < 4.78 is 44.3. The predicted molar refractivity (Wildman–Crippen MR) is 49.1 cm³/mol. The Labute approximate surface area is 94.4 Å². The van der Waals surface area contributed by atoms with Crippen molar-refractivity contribution in [3.8, 4) is 0 Å². The molecule has 2 atom stereocenters. The predicted octanol–water partition coefficient (Wildman–Crippen LogP) is 3.51. The number of ether oxygens (including phenoxy) is 1. The lowest BCUT2D eigenvalue weighted by Gasteiger charge is -2.34. The standard InChI is InChI=1S/C7H8Cl3F3O/c8-5(9)6(11,7(10,12)13)4-2-1-3-14-4/h4-5H,1-3H2. The number of hydrogen-bond donors (Lipinski definition) is 0. The van der Waals surface area contributed by atoms with Crippen molar-refractivity contribution < 1.29 is 17.9 Å². The zero-order valence-corrected chi connectivity index (χ0v) is 9.22. The van der Waals surface area contributed by atoms with Crippen LogP contribution in [0.5, 0.6) is 0 Å². The highest BCUT2D eigenvalue weighted by Gasteiger charge is 2.64. The first-order chi connectivity index (χ1) is 6.30. The summed E-state index contributed by atoms with van der Waals surface area (Å²) in [5.74, 6) is 0. The van der Waals surface area contributed by atoms with E-state index in [0.29, 0.717) is 6.42 Å². The van der Waals surface area contributed by atoms with Crippen molar-refractivity contribution in [2.45, 2.75) is 34.8 Å². The molecule has 1 heterocycles. The van der Waals surface area contributed by atoms with E-state index in [2.05, 4.69) is 11.6 Å². The van der Waals surface area contributed by atoms with E-state index in [1.807, 2.05) is 0 Å². The molecule has 1 fully saturated rings. The molecule has 0 aliphatic carbocycles. The molecule has 0 spiro atoms. The summed E-state index contributed by atoms with van der Waals surface area (Å²) in [5, 5.41) is -4.14. The van der Waals surface area contributed by atoms with E-state index in [4.69, 9.17) is 27.9 Å². The lowest BCUT2D eigenvalue weighted by molar-refractivity contribution is -0.133. The Morgan fingerprint density at radius 1 is 1.29 bits per heavy atom. The SMILES string of the molecule is FC(F)(Cl)C(F)(C(Cl)Cl)C1CCCO1. The van der Waals surface area contributed by atoms with Gasteiger partial charge in [0.25, 0.3) is 0 Å². The van der Waals surface area contributed by atoms with Crippen LogP contribution < -0.4 is 0 Å². The fraction of sp³-hybridized carbons (Fsp3) is 1.00. The molecule has 0 amide bonds. The third-order valence-corrected chi connectivity index (χ3v) is 3.08. The summed E-state index contributed by atoms with van der Waals surface area (Å²) >= 11 is 15.0. The van der Waals surface area contributed by atoms with Gasteiger partial charge in [-0.1, -0.05) is 0 Å². The van der Waals surface area contributed by atoms with Crippen LogP contribution in [0.25, 0.3) is 0 Å². The molecule has 0 aromatic heterocycles. The van der Waals surface area contributed by atoms with Crippen molar-refractivity contribution in [2.24, 2.45) is 0 Å². The molecule has 2 unspecified atom stereocenters. The second-order valence-corrected chi connectivity index (χ2v) is 4.64. The second kappa shape index (κ2) is 4.24. The van der Waals surface area contributed by atoms with E-state index in [1.165, 1.54) is 0 Å². The minimum Gasteiger partial charge on any atom is -0.374 e. The van der Waals surface area contributed by atoms with Crippen LogP contribution in [0.2, 0.25) is 0 Å². The maximum absolute atomic E-state index is 13.9. The van der Waals surface area contributed by atoms with Gasteiger partial charge in [-0.05, 0) is 24.4 Å².